The number of anilines is 1. The summed E-state index contributed by atoms with van der Waals surface area (Å²) in [5.74, 6) is -0.249. The molecule has 0 radical (unpaired) electrons. The highest BCUT2D eigenvalue weighted by Gasteiger charge is 2.45. The van der Waals surface area contributed by atoms with Crippen molar-refractivity contribution in [2.75, 3.05) is 18.4 Å². The molecule has 3 atom stereocenters. The van der Waals surface area contributed by atoms with Crippen LogP contribution in [-0.2, 0) is 23.5 Å². The van der Waals surface area contributed by atoms with E-state index in [9.17, 15) is 15.0 Å². The zero-order valence-electron chi connectivity index (χ0n) is 25.6. The summed E-state index contributed by atoms with van der Waals surface area (Å²) in [7, 11) is 0. The van der Waals surface area contributed by atoms with Crippen molar-refractivity contribution >= 4 is 51.0 Å². The quantitative estimate of drug-likeness (QED) is 0.170. The summed E-state index contributed by atoms with van der Waals surface area (Å²) >= 11 is 6.61. The van der Waals surface area contributed by atoms with E-state index < -0.39 is 11.5 Å². The van der Waals surface area contributed by atoms with Crippen LogP contribution in [0.1, 0.15) is 41.5 Å². The minimum Gasteiger partial charge on any atom is -0.481 e. The fourth-order valence-corrected chi connectivity index (χ4v) is 7.02. The number of fused-ring (bicyclic) bond motifs is 2. The molecule has 0 spiro atoms. The number of aliphatic carboxylic acids is 1. The zero-order valence-corrected chi connectivity index (χ0v) is 26.3. The third-order valence-electron chi connectivity index (χ3n) is 9.29. The highest BCUT2D eigenvalue weighted by molar-refractivity contribution is 6.34. The first-order valence-corrected chi connectivity index (χ1v) is 15.8. The van der Waals surface area contributed by atoms with Gasteiger partial charge in [0.1, 0.15) is 16.6 Å². The number of carboxylic acids is 1. The first-order chi connectivity index (χ1) is 22.3. The van der Waals surface area contributed by atoms with E-state index in [1.807, 2.05) is 36.5 Å². The van der Waals surface area contributed by atoms with Crippen molar-refractivity contribution in [3.05, 3.63) is 112 Å². The molecule has 0 bridgehead atoms. The molecule has 46 heavy (non-hydrogen) atoms. The molecule has 234 valence electrons. The molecule has 10 heteroatoms. The fourth-order valence-electron chi connectivity index (χ4n) is 6.75. The van der Waals surface area contributed by atoms with Gasteiger partial charge in [-0.05, 0) is 78.1 Å². The molecule has 3 aromatic heterocycles. The Morgan fingerprint density at radius 2 is 2.02 bits per heavy atom. The van der Waals surface area contributed by atoms with Crippen LogP contribution in [0, 0.1) is 18.8 Å². The van der Waals surface area contributed by atoms with E-state index in [1.54, 1.807) is 18.3 Å². The van der Waals surface area contributed by atoms with Crippen molar-refractivity contribution in [3.63, 3.8) is 0 Å². The summed E-state index contributed by atoms with van der Waals surface area (Å²) in [6.07, 6.45) is 10.4. The number of halogens is 1. The molecule has 3 N–H and O–H groups in total. The van der Waals surface area contributed by atoms with E-state index in [0.717, 1.165) is 34.2 Å². The fraction of sp³-hybridized carbons (Fsp3) is 0.278. The highest BCUT2D eigenvalue weighted by atomic mass is 35.5. The molecule has 0 saturated carbocycles. The maximum absolute atomic E-state index is 11.5. The van der Waals surface area contributed by atoms with E-state index in [0.29, 0.717) is 58.4 Å². The van der Waals surface area contributed by atoms with E-state index in [-0.39, 0.29) is 18.4 Å². The lowest BCUT2D eigenvalue weighted by atomic mass is 9.73. The summed E-state index contributed by atoms with van der Waals surface area (Å²) in [6, 6.07) is 15.8. The van der Waals surface area contributed by atoms with E-state index >= 15 is 0 Å². The van der Waals surface area contributed by atoms with Gasteiger partial charge >= 0.3 is 5.97 Å². The first kappa shape index (κ1) is 30.1. The molecule has 1 fully saturated rings. The number of benzene rings is 2. The maximum Gasteiger partial charge on any atom is 0.307 e. The Hall–Kier alpha value is -4.57. The lowest BCUT2D eigenvalue weighted by molar-refractivity contribution is -0.141. The zero-order chi connectivity index (χ0) is 32.0. The number of carbonyl (C=O) groups is 1. The number of nitrogens with zero attached hydrogens (tertiary/aromatic N) is 4. The predicted molar refractivity (Wildman–Crippen MR) is 178 cm³/mol. The number of hydrogen-bond acceptors (Lipinski definition) is 8. The van der Waals surface area contributed by atoms with E-state index in [1.165, 1.54) is 0 Å². The second-order valence-corrected chi connectivity index (χ2v) is 12.7. The monoisotopic (exact) mass is 635 g/mol. The summed E-state index contributed by atoms with van der Waals surface area (Å²) in [5.41, 5.74) is 5.77. The number of nitrogens with one attached hydrogen (secondary N) is 1. The van der Waals surface area contributed by atoms with Crippen molar-refractivity contribution in [2.24, 2.45) is 11.8 Å². The Balaban J connectivity index is 1.30. The second-order valence-electron chi connectivity index (χ2n) is 12.2. The number of rotatable bonds is 8. The van der Waals surface area contributed by atoms with Gasteiger partial charge < -0.3 is 19.9 Å². The number of carboxylic acid groups (broad SMARTS) is 1. The van der Waals surface area contributed by atoms with Crippen LogP contribution in [0.15, 0.2) is 83.6 Å². The number of hydrogen-bond donors (Lipinski definition) is 3. The molecule has 4 heterocycles. The van der Waals surface area contributed by atoms with Gasteiger partial charge in [0.15, 0.2) is 11.4 Å². The molecule has 2 unspecified atom stereocenters. The van der Waals surface area contributed by atoms with Crippen molar-refractivity contribution in [1.82, 2.24) is 19.9 Å². The van der Waals surface area contributed by atoms with Gasteiger partial charge in [0.25, 0.3) is 0 Å². The normalized spacial score (nSPS) is 21.6. The van der Waals surface area contributed by atoms with Crippen LogP contribution in [0.2, 0.25) is 5.02 Å². The lowest BCUT2D eigenvalue weighted by Gasteiger charge is -2.39. The standard InChI is InChI=1S/C36H34ClN5O4/c1-21-6-3-4-7-27(21)28-8-5-11-36(22(28)2,35-40-30-16-23(20-43)15-29(37)32(30)46-35)41-33-31-25(9-12-38-33)14-24(17-39-31)18-42-13-10-26(19-42)34(44)45/h3-9,11-12,14-17,22,26,43H,10,13,18-20H2,1-2H3,(H,38,41)(H,44,45)/t22?,26-,36?/m1/s1. The minimum absolute atomic E-state index is 0.163. The average molecular weight is 636 g/mol. The van der Waals surface area contributed by atoms with Crippen molar-refractivity contribution in [3.8, 4) is 0 Å². The number of aryl methyl sites for hydroxylation is 1. The van der Waals surface area contributed by atoms with Gasteiger partial charge in [-0.1, -0.05) is 54.9 Å². The van der Waals surface area contributed by atoms with Gasteiger partial charge in [0.05, 0.1) is 17.5 Å². The van der Waals surface area contributed by atoms with Gasteiger partial charge in [-0.15, -0.1) is 0 Å². The molecule has 2 aromatic carbocycles. The number of aromatic nitrogens is 3. The highest BCUT2D eigenvalue weighted by Crippen LogP contribution is 2.46. The topological polar surface area (TPSA) is 125 Å². The molecule has 1 aliphatic heterocycles. The van der Waals surface area contributed by atoms with E-state index in [2.05, 4.69) is 48.3 Å². The molecule has 5 aromatic rings. The van der Waals surface area contributed by atoms with Crippen LogP contribution in [0.25, 0.3) is 27.6 Å². The number of allylic oxidation sites excluding steroid dienone is 2. The number of oxazole rings is 1. The number of aliphatic hydroxyl groups is 1. The molecule has 9 nitrogen and oxygen atoms in total. The van der Waals surface area contributed by atoms with Crippen LogP contribution >= 0.6 is 11.6 Å². The summed E-state index contributed by atoms with van der Waals surface area (Å²) in [4.78, 5) is 28.2. The van der Waals surface area contributed by atoms with Crippen LogP contribution < -0.4 is 5.32 Å². The van der Waals surface area contributed by atoms with Gasteiger partial charge in [-0.25, -0.2) is 9.97 Å². The van der Waals surface area contributed by atoms with E-state index in [4.69, 9.17) is 31.0 Å². The molecular weight excluding hydrogens is 602 g/mol. The van der Waals surface area contributed by atoms with Gasteiger partial charge in [0, 0.05) is 36.8 Å². The first-order valence-electron chi connectivity index (χ1n) is 15.4. The van der Waals surface area contributed by atoms with Crippen molar-refractivity contribution in [2.45, 2.75) is 39.0 Å². The number of aliphatic hydroxyl groups excluding tert-OH is 1. The van der Waals surface area contributed by atoms with Gasteiger partial charge in [-0.2, -0.15) is 0 Å². The van der Waals surface area contributed by atoms with Crippen molar-refractivity contribution in [1.29, 1.82) is 0 Å². The molecule has 7 rings (SSSR count). The SMILES string of the molecule is Cc1ccccc1C1=CC=CC(Nc2nccc3cc(CN4CC[C@@H](C(=O)O)C4)cnc23)(c2nc3cc(CO)cc(Cl)c3o2)C1C. The van der Waals surface area contributed by atoms with Crippen LogP contribution in [0.3, 0.4) is 0 Å². The minimum atomic E-state index is -0.975. The lowest BCUT2D eigenvalue weighted by Crippen LogP contribution is -2.42. The Labute approximate surface area is 271 Å². The maximum atomic E-state index is 11.5. The Bertz CT molecular complexity index is 2040. The number of pyridine rings is 2. The number of likely N-dealkylation sites (tertiary alicyclic amines) is 1. The Morgan fingerprint density at radius 1 is 1.17 bits per heavy atom. The molecule has 1 saturated heterocycles. The van der Waals surface area contributed by atoms with Gasteiger partial charge in [-0.3, -0.25) is 14.7 Å². The van der Waals surface area contributed by atoms with Gasteiger partial charge in [0.2, 0.25) is 5.89 Å². The Morgan fingerprint density at radius 3 is 2.80 bits per heavy atom. The molecule has 1 aliphatic carbocycles. The smallest absolute Gasteiger partial charge is 0.307 e. The molecule has 2 aliphatic rings. The largest absolute Gasteiger partial charge is 0.481 e. The molecular formula is C36H34ClN5O4. The third kappa shape index (κ3) is 5.34. The van der Waals surface area contributed by atoms with Crippen LogP contribution in [0.5, 0.6) is 0 Å². The molecule has 0 amide bonds. The van der Waals surface area contributed by atoms with Crippen molar-refractivity contribution < 1.29 is 19.4 Å². The third-order valence-corrected chi connectivity index (χ3v) is 9.57. The Kier molecular flexibility index (Phi) is 7.84. The average Bonchev–Trinajstić information content (AvgIpc) is 3.71. The predicted octanol–water partition coefficient (Wildman–Crippen LogP) is 6.73. The summed E-state index contributed by atoms with van der Waals surface area (Å²) in [5, 5.41) is 24.2. The second kappa shape index (κ2) is 12.0. The van der Waals surface area contributed by atoms with Crippen LogP contribution in [0.4, 0.5) is 5.82 Å². The summed E-state index contributed by atoms with van der Waals surface area (Å²) in [6.45, 7) is 5.99. The van der Waals surface area contributed by atoms with Crippen LogP contribution in [-0.4, -0.2) is 49.1 Å². The summed E-state index contributed by atoms with van der Waals surface area (Å²) < 4.78 is 6.47.